The molecule has 3 saturated heterocycles. The minimum absolute atomic E-state index is 0.826. The minimum atomic E-state index is 0.826. The van der Waals surface area contributed by atoms with Crippen LogP contribution in [0.15, 0.2) is 35.9 Å². The maximum absolute atomic E-state index is 5.91. The maximum atomic E-state index is 5.91. The molecule has 2 heteroatoms. The first-order valence-electron chi connectivity index (χ1n) is 6.92. The van der Waals surface area contributed by atoms with Crippen LogP contribution in [0.2, 0.25) is 5.02 Å². The number of hydrogen-bond donors (Lipinski definition) is 0. The number of piperidine rings is 3. The Hall–Kier alpha value is -0.790. The number of quaternary nitrogens is 1. The maximum Gasteiger partial charge on any atom is 0.100 e. The molecule has 18 heavy (non-hydrogen) atoms. The summed E-state index contributed by atoms with van der Waals surface area (Å²) in [7, 11) is 2.41. The highest BCUT2D eigenvalue weighted by atomic mass is 35.5. The molecule has 1 aromatic rings. The number of hydrogen-bond acceptors (Lipinski definition) is 0. The van der Waals surface area contributed by atoms with Gasteiger partial charge in [0.15, 0.2) is 0 Å². The molecular weight excluding hydrogens is 242 g/mol. The molecule has 3 heterocycles. The van der Waals surface area contributed by atoms with Crippen LogP contribution < -0.4 is 0 Å². The van der Waals surface area contributed by atoms with E-state index in [9.17, 15) is 0 Å². The fourth-order valence-corrected chi connectivity index (χ4v) is 3.52. The predicted molar refractivity (Wildman–Crippen MR) is 76.7 cm³/mol. The van der Waals surface area contributed by atoms with Crippen LogP contribution in [-0.2, 0) is 6.42 Å². The van der Waals surface area contributed by atoms with Gasteiger partial charge >= 0.3 is 0 Å². The van der Waals surface area contributed by atoms with Crippen molar-refractivity contribution < 1.29 is 4.48 Å². The molecule has 0 radical (unpaired) electrons. The molecule has 0 atom stereocenters. The van der Waals surface area contributed by atoms with Crippen LogP contribution in [0.25, 0.3) is 0 Å². The summed E-state index contributed by atoms with van der Waals surface area (Å²) in [6.45, 7) is 4.03. The molecular formula is C16H21ClN+. The average Bonchev–Trinajstić information content (AvgIpc) is 2.38. The second-order valence-electron chi connectivity index (χ2n) is 6.11. The van der Waals surface area contributed by atoms with E-state index in [1.807, 2.05) is 12.1 Å². The lowest BCUT2D eigenvalue weighted by molar-refractivity contribution is -0.917. The summed E-state index contributed by atoms with van der Waals surface area (Å²) in [5, 5.41) is 0.826. The Morgan fingerprint density at radius 2 is 1.89 bits per heavy atom. The Balaban J connectivity index is 1.71. The van der Waals surface area contributed by atoms with Gasteiger partial charge < -0.3 is 4.48 Å². The van der Waals surface area contributed by atoms with Crippen LogP contribution in [-0.4, -0.2) is 31.2 Å². The molecule has 96 valence electrons. The van der Waals surface area contributed by atoms with Gasteiger partial charge in [-0.1, -0.05) is 29.8 Å². The zero-order chi connectivity index (χ0) is 12.6. The summed E-state index contributed by atoms with van der Waals surface area (Å²) in [4.78, 5) is 0. The van der Waals surface area contributed by atoms with Crippen molar-refractivity contribution in [3.8, 4) is 0 Å². The normalized spacial score (nSPS) is 33.0. The van der Waals surface area contributed by atoms with Gasteiger partial charge in [-0.05, 0) is 35.6 Å². The third kappa shape index (κ3) is 2.48. The number of nitrogens with zero attached hydrogens (tertiary/aromatic N) is 1. The topological polar surface area (TPSA) is 0 Å². The second kappa shape index (κ2) is 4.71. The first-order valence-corrected chi connectivity index (χ1v) is 7.29. The van der Waals surface area contributed by atoms with Crippen LogP contribution in [0, 0.1) is 5.92 Å². The highest BCUT2D eigenvalue weighted by Gasteiger charge is 2.39. The van der Waals surface area contributed by atoms with Gasteiger partial charge in [-0.15, -0.1) is 0 Å². The number of likely N-dealkylation sites (N-methyl/N-ethyl adjacent to an activating group) is 1. The van der Waals surface area contributed by atoms with Gasteiger partial charge in [-0.2, -0.15) is 0 Å². The van der Waals surface area contributed by atoms with Gasteiger partial charge in [0.05, 0.1) is 20.1 Å². The van der Waals surface area contributed by atoms with Gasteiger partial charge in [0, 0.05) is 17.9 Å². The molecule has 0 amide bonds. The molecule has 0 saturated carbocycles. The fraction of sp³-hybridized carbons (Fsp3) is 0.500. The molecule has 0 N–H and O–H groups in total. The molecule has 2 bridgehead atoms. The lowest BCUT2D eigenvalue weighted by Gasteiger charge is -2.48. The van der Waals surface area contributed by atoms with E-state index >= 15 is 0 Å². The summed E-state index contributed by atoms with van der Waals surface area (Å²) in [5.41, 5.74) is 3.07. The van der Waals surface area contributed by atoms with Crippen LogP contribution in [0.3, 0.4) is 0 Å². The third-order valence-corrected chi connectivity index (χ3v) is 4.89. The molecule has 1 nitrogen and oxygen atoms in total. The molecule has 3 aliphatic heterocycles. The van der Waals surface area contributed by atoms with Crippen LogP contribution in [0.4, 0.5) is 0 Å². The average molecular weight is 263 g/mol. The zero-order valence-corrected chi connectivity index (χ0v) is 11.8. The van der Waals surface area contributed by atoms with E-state index in [-0.39, 0.29) is 0 Å². The quantitative estimate of drug-likeness (QED) is 0.563. The third-order valence-electron chi connectivity index (χ3n) is 4.64. The Morgan fingerprint density at radius 1 is 1.22 bits per heavy atom. The molecule has 3 fully saturated rings. The van der Waals surface area contributed by atoms with Crippen molar-refractivity contribution in [2.45, 2.75) is 19.3 Å². The summed E-state index contributed by atoms with van der Waals surface area (Å²) in [6, 6.07) is 8.24. The van der Waals surface area contributed by atoms with E-state index in [0.717, 1.165) is 17.4 Å². The predicted octanol–water partition coefficient (Wildman–Crippen LogP) is 3.68. The van der Waals surface area contributed by atoms with E-state index in [1.54, 1.807) is 5.57 Å². The number of rotatable bonds is 2. The molecule has 0 unspecified atom stereocenters. The van der Waals surface area contributed by atoms with E-state index < -0.39 is 0 Å². The number of fused-ring (bicyclic) bond motifs is 3. The van der Waals surface area contributed by atoms with Gasteiger partial charge in [0.2, 0.25) is 0 Å². The Bertz CT molecular complexity index is 452. The molecule has 4 rings (SSSR count). The minimum Gasteiger partial charge on any atom is -0.323 e. The standard InChI is InChI=1S/C16H21ClN/c1-18-10-8-14(9-11-18)15(12-18)5-2-13-3-6-16(17)7-4-13/h3-7,14H,2,8-12H2,1H3/q+1. The van der Waals surface area contributed by atoms with Crippen molar-refractivity contribution in [1.29, 1.82) is 0 Å². The van der Waals surface area contributed by atoms with E-state index in [0.29, 0.717) is 0 Å². The Morgan fingerprint density at radius 3 is 2.50 bits per heavy atom. The van der Waals surface area contributed by atoms with Gasteiger partial charge in [0.1, 0.15) is 6.54 Å². The largest absolute Gasteiger partial charge is 0.323 e. The number of halogens is 1. The molecule has 1 aromatic carbocycles. The lowest BCUT2D eigenvalue weighted by Crippen LogP contribution is -2.56. The van der Waals surface area contributed by atoms with Crippen LogP contribution in [0.1, 0.15) is 18.4 Å². The first kappa shape index (κ1) is 12.3. The van der Waals surface area contributed by atoms with Gasteiger partial charge in [-0.25, -0.2) is 0 Å². The fourth-order valence-electron chi connectivity index (χ4n) is 3.39. The van der Waals surface area contributed by atoms with Crippen LogP contribution >= 0.6 is 11.6 Å². The lowest BCUT2D eigenvalue weighted by atomic mass is 9.81. The highest BCUT2D eigenvalue weighted by molar-refractivity contribution is 6.30. The van der Waals surface area contributed by atoms with Crippen molar-refractivity contribution in [2.24, 2.45) is 5.92 Å². The van der Waals surface area contributed by atoms with Crippen molar-refractivity contribution in [3.05, 3.63) is 46.5 Å². The molecule has 0 aromatic heterocycles. The Labute approximate surface area is 115 Å². The van der Waals surface area contributed by atoms with Gasteiger partial charge in [-0.3, -0.25) is 0 Å². The van der Waals surface area contributed by atoms with Crippen molar-refractivity contribution in [2.75, 3.05) is 26.7 Å². The summed E-state index contributed by atoms with van der Waals surface area (Å²) in [5.74, 6) is 0.872. The van der Waals surface area contributed by atoms with Gasteiger partial charge in [0.25, 0.3) is 0 Å². The highest BCUT2D eigenvalue weighted by Crippen LogP contribution is 2.36. The number of benzene rings is 1. The summed E-state index contributed by atoms with van der Waals surface area (Å²) >= 11 is 5.91. The Kier molecular flexibility index (Phi) is 3.21. The van der Waals surface area contributed by atoms with E-state index in [2.05, 4.69) is 25.3 Å². The summed E-state index contributed by atoms with van der Waals surface area (Å²) < 4.78 is 1.27. The molecule has 3 aliphatic rings. The zero-order valence-electron chi connectivity index (χ0n) is 11.0. The molecule has 0 spiro atoms. The second-order valence-corrected chi connectivity index (χ2v) is 6.55. The SMILES string of the molecule is C[N+]12CCC(CC1)C(=CCc1ccc(Cl)cc1)C2. The first-order chi connectivity index (χ1) is 8.65. The van der Waals surface area contributed by atoms with Crippen molar-refractivity contribution in [1.82, 2.24) is 0 Å². The number of allylic oxidation sites excluding steroid dienone is 1. The van der Waals surface area contributed by atoms with E-state index in [4.69, 9.17) is 11.6 Å². The molecule has 0 aliphatic carbocycles. The van der Waals surface area contributed by atoms with E-state index in [1.165, 1.54) is 42.5 Å². The summed E-state index contributed by atoms with van der Waals surface area (Å²) in [6.07, 6.45) is 6.32. The smallest absolute Gasteiger partial charge is 0.100 e. The van der Waals surface area contributed by atoms with Crippen molar-refractivity contribution in [3.63, 3.8) is 0 Å². The monoisotopic (exact) mass is 262 g/mol. The van der Waals surface area contributed by atoms with Crippen molar-refractivity contribution >= 4 is 11.6 Å². The van der Waals surface area contributed by atoms with Crippen LogP contribution in [0.5, 0.6) is 0 Å².